The van der Waals surface area contributed by atoms with Crippen molar-refractivity contribution < 1.29 is 18.9 Å². The molecule has 0 saturated heterocycles. The van der Waals surface area contributed by atoms with Crippen molar-refractivity contribution in [1.82, 2.24) is 10.2 Å². The summed E-state index contributed by atoms with van der Waals surface area (Å²) in [5.41, 5.74) is 9.31. The summed E-state index contributed by atoms with van der Waals surface area (Å²) < 4.78 is 23.0. The Kier molecular flexibility index (Phi) is 4.29. The Bertz CT molecular complexity index is 1240. The van der Waals surface area contributed by atoms with Crippen LogP contribution in [0.15, 0.2) is 52.3 Å². The lowest BCUT2D eigenvalue weighted by Gasteiger charge is -2.25. The standard InChI is InChI=1S/C21H15BrN4O4/c1-27-14-5-3-11(22)7-12(14)17-13(8-23)20(24)30-21-18(17)19(25-26-21)10-2-4-15-16(6-10)29-9-28-15/h2-7,17H,9,24H2,1H3,(H,25,26)/t17-/m0/s1. The van der Waals surface area contributed by atoms with Gasteiger partial charge in [0.05, 0.1) is 24.3 Å². The second-order valence-corrected chi connectivity index (χ2v) is 7.61. The van der Waals surface area contributed by atoms with E-state index in [1.807, 2.05) is 36.4 Å². The highest BCUT2D eigenvalue weighted by molar-refractivity contribution is 9.10. The molecule has 0 spiro atoms. The molecule has 30 heavy (non-hydrogen) atoms. The van der Waals surface area contributed by atoms with E-state index in [9.17, 15) is 5.26 Å². The number of hydrogen-bond donors (Lipinski definition) is 2. The summed E-state index contributed by atoms with van der Waals surface area (Å²) in [5, 5.41) is 17.2. The Balaban J connectivity index is 1.74. The minimum absolute atomic E-state index is 0.0146. The summed E-state index contributed by atoms with van der Waals surface area (Å²) in [6.45, 7) is 0.179. The first kappa shape index (κ1) is 18.4. The Morgan fingerprint density at radius 2 is 2.07 bits per heavy atom. The van der Waals surface area contributed by atoms with Crippen molar-refractivity contribution in [2.24, 2.45) is 5.73 Å². The number of benzene rings is 2. The van der Waals surface area contributed by atoms with Crippen molar-refractivity contribution in [1.29, 1.82) is 5.26 Å². The maximum atomic E-state index is 9.89. The Labute approximate surface area is 179 Å². The van der Waals surface area contributed by atoms with E-state index >= 15 is 0 Å². The average molecular weight is 467 g/mol. The van der Waals surface area contributed by atoms with E-state index in [4.69, 9.17) is 24.7 Å². The molecule has 0 saturated carbocycles. The molecule has 0 amide bonds. The quantitative estimate of drug-likeness (QED) is 0.602. The molecule has 2 aliphatic heterocycles. The third-order valence-electron chi connectivity index (χ3n) is 5.10. The fourth-order valence-corrected chi connectivity index (χ4v) is 4.14. The number of H-pyrrole nitrogens is 1. The van der Waals surface area contributed by atoms with Gasteiger partial charge in [-0.05, 0) is 36.4 Å². The number of aromatic amines is 1. The van der Waals surface area contributed by atoms with Crippen LogP contribution < -0.4 is 24.7 Å². The molecule has 0 aliphatic carbocycles. The molecule has 8 nitrogen and oxygen atoms in total. The van der Waals surface area contributed by atoms with Crippen LogP contribution in [0.5, 0.6) is 23.1 Å². The lowest BCUT2D eigenvalue weighted by atomic mass is 9.82. The molecule has 2 aliphatic rings. The predicted molar refractivity (Wildman–Crippen MR) is 110 cm³/mol. The number of rotatable bonds is 3. The highest BCUT2D eigenvalue weighted by Gasteiger charge is 2.37. The van der Waals surface area contributed by atoms with E-state index in [-0.39, 0.29) is 18.2 Å². The maximum absolute atomic E-state index is 9.89. The van der Waals surface area contributed by atoms with E-state index in [0.29, 0.717) is 34.4 Å². The van der Waals surface area contributed by atoms with Crippen LogP contribution in [0.1, 0.15) is 17.0 Å². The number of halogens is 1. The third-order valence-corrected chi connectivity index (χ3v) is 5.60. The molecule has 3 N–H and O–H groups in total. The van der Waals surface area contributed by atoms with Crippen LogP contribution in [-0.4, -0.2) is 24.1 Å². The molecule has 0 bridgehead atoms. The van der Waals surface area contributed by atoms with Crippen LogP contribution in [0, 0.1) is 11.3 Å². The van der Waals surface area contributed by atoms with Crippen molar-refractivity contribution in [3.63, 3.8) is 0 Å². The molecule has 3 heterocycles. The smallest absolute Gasteiger partial charge is 0.244 e. The SMILES string of the molecule is COc1ccc(Br)cc1[C@H]1C(C#N)=C(N)Oc2n[nH]c(-c3ccc4c(c3)OCO4)c21. The van der Waals surface area contributed by atoms with Gasteiger partial charge in [0.25, 0.3) is 0 Å². The van der Waals surface area contributed by atoms with E-state index < -0.39 is 5.92 Å². The molecule has 0 radical (unpaired) electrons. The molecule has 3 aromatic rings. The highest BCUT2D eigenvalue weighted by Crippen LogP contribution is 2.49. The van der Waals surface area contributed by atoms with Gasteiger partial charge in [-0.1, -0.05) is 15.9 Å². The van der Waals surface area contributed by atoms with E-state index in [1.165, 1.54) is 0 Å². The first-order valence-electron chi connectivity index (χ1n) is 9.00. The molecule has 0 unspecified atom stereocenters. The zero-order chi connectivity index (χ0) is 20.8. The number of nitrogens with two attached hydrogens (primary N) is 1. The summed E-state index contributed by atoms with van der Waals surface area (Å²) in [6, 6.07) is 13.4. The third kappa shape index (κ3) is 2.76. The molecule has 1 aromatic heterocycles. The van der Waals surface area contributed by atoms with Crippen molar-refractivity contribution in [3.05, 3.63) is 63.5 Å². The van der Waals surface area contributed by atoms with Gasteiger partial charge in [-0.25, -0.2) is 0 Å². The number of hydrogen-bond acceptors (Lipinski definition) is 7. The van der Waals surface area contributed by atoms with Gasteiger partial charge in [-0.15, -0.1) is 5.10 Å². The normalized spacial score (nSPS) is 16.6. The summed E-state index contributed by atoms with van der Waals surface area (Å²) in [6.07, 6.45) is 0. The minimum Gasteiger partial charge on any atom is -0.496 e. The summed E-state index contributed by atoms with van der Waals surface area (Å²) in [5.74, 6) is 1.72. The van der Waals surface area contributed by atoms with Crippen molar-refractivity contribution >= 4 is 15.9 Å². The first-order valence-corrected chi connectivity index (χ1v) is 9.79. The summed E-state index contributed by atoms with van der Waals surface area (Å²) in [7, 11) is 1.58. The lowest BCUT2D eigenvalue weighted by Crippen LogP contribution is -2.21. The second kappa shape index (κ2) is 7.00. The number of nitrogens with zero attached hydrogens (tertiary/aromatic N) is 2. The van der Waals surface area contributed by atoms with Crippen LogP contribution in [-0.2, 0) is 0 Å². The van der Waals surface area contributed by atoms with Gasteiger partial charge in [-0.3, -0.25) is 5.10 Å². The predicted octanol–water partition coefficient (Wildman–Crippen LogP) is 3.79. The van der Waals surface area contributed by atoms with Crippen LogP contribution in [0.2, 0.25) is 0 Å². The second-order valence-electron chi connectivity index (χ2n) is 6.70. The van der Waals surface area contributed by atoms with Gasteiger partial charge < -0.3 is 24.7 Å². The van der Waals surface area contributed by atoms with Gasteiger partial charge in [0, 0.05) is 15.6 Å². The Hall–Kier alpha value is -3.64. The van der Waals surface area contributed by atoms with Crippen LogP contribution in [0.4, 0.5) is 0 Å². The lowest BCUT2D eigenvalue weighted by molar-refractivity contribution is 0.174. The number of fused-ring (bicyclic) bond motifs is 2. The number of aromatic nitrogens is 2. The largest absolute Gasteiger partial charge is 0.496 e. The number of allylic oxidation sites excluding steroid dienone is 1. The van der Waals surface area contributed by atoms with Crippen molar-refractivity contribution in [3.8, 4) is 40.5 Å². The van der Waals surface area contributed by atoms with Gasteiger partial charge in [0.2, 0.25) is 18.6 Å². The van der Waals surface area contributed by atoms with E-state index in [0.717, 1.165) is 15.6 Å². The van der Waals surface area contributed by atoms with Crippen molar-refractivity contribution in [2.75, 3.05) is 13.9 Å². The Morgan fingerprint density at radius 3 is 2.87 bits per heavy atom. The molecule has 2 aromatic carbocycles. The van der Waals surface area contributed by atoms with E-state index in [2.05, 4.69) is 32.2 Å². The average Bonchev–Trinajstić information content (AvgIpc) is 3.38. The number of methoxy groups -OCH3 is 1. The zero-order valence-corrected chi connectivity index (χ0v) is 17.3. The van der Waals surface area contributed by atoms with Gasteiger partial charge in [0.1, 0.15) is 17.4 Å². The molecule has 9 heteroatoms. The number of ether oxygens (including phenoxy) is 4. The fourth-order valence-electron chi connectivity index (χ4n) is 3.76. The number of nitrogens with one attached hydrogen (secondary N) is 1. The highest BCUT2D eigenvalue weighted by atomic mass is 79.9. The molecule has 5 rings (SSSR count). The zero-order valence-electron chi connectivity index (χ0n) is 15.7. The van der Waals surface area contributed by atoms with Gasteiger partial charge >= 0.3 is 0 Å². The van der Waals surface area contributed by atoms with Crippen LogP contribution in [0.3, 0.4) is 0 Å². The van der Waals surface area contributed by atoms with Gasteiger partial charge in [-0.2, -0.15) is 5.26 Å². The fraction of sp³-hybridized carbons (Fsp3) is 0.143. The first-order chi connectivity index (χ1) is 14.6. The molecule has 0 fully saturated rings. The van der Waals surface area contributed by atoms with Crippen LogP contribution >= 0.6 is 15.9 Å². The van der Waals surface area contributed by atoms with Gasteiger partial charge in [0.15, 0.2) is 11.5 Å². The Morgan fingerprint density at radius 1 is 1.23 bits per heavy atom. The van der Waals surface area contributed by atoms with E-state index in [1.54, 1.807) is 7.11 Å². The molecule has 1 atom stereocenters. The molecular weight excluding hydrogens is 452 g/mol. The minimum atomic E-state index is -0.537. The monoisotopic (exact) mass is 466 g/mol. The summed E-state index contributed by atoms with van der Waals surface area (Å²) >= 11 is 3.51. The maximum Gasteiger partial charge on any atom is 0.244 e. The molecular formula is C21H15BrN4O4. The summed E-state index contributed by atoms with van der Waals surface area (Å²) in [4.78, 5) is 0. The van der Waals surface area contributed by atoms with Crippen LogP contribution in [0.25, 0.3) is 11.3 Å². The number of nitriles is 1. The van der Waals surface area contributed by atoms with Crippen molar-refractivity contribution in [2.45, 2.75) is 5.92 Å². The topological polar surface area (TPSA) is 115 Å². The molecule has 150 valence electrons.